The van der Waals surface area contributed by atoms with Gasteiger partial charge in [-0.3, -0.25) is 24.2 Å². The van der Waals surface area contributed by atoms with E-state index in [-0.39, 0.29) is 48.1 Å². The molecule has 4 aliphatic carbocycles. The minimum Gasteiger partial charge on any atom is -0.289 e. The monoisotopic (exact) mass is 426 g/mol. The summed E-state index contributed by atoms with van der Waals surface area (Å²) in [7, 11) is 0. The van der Waals surface area contributed by atoms with Gasteiger partial charge in [-0.1, -0.05) is 48.0 Å². The molecule has 0 unspecified atom stereocenters. The highest BCUT2D eigenvalue weighted by Gasteiger charge is 2.67. The average Bonchev–Trinajstić information content (AvgIpc) is 3.58. The van der Waals surface area contributed by atoms with E-state index < -0.39 is 0 Å². The summed E-state index contributed by atoms with van der Waals surface area (Å²) < 4.78 is 0. The third kappa shape index (κ3) is 2.73. The Morgan fingerprint density at radius 2 is 1.56 bits per heavy atom. The normalized spacial score (nSPS) is 31.5. The molecule has 1 saturated heterocycles. The topological polar surface area (TPSA) is 57.7 Å². The first kappa shape index (κ1) is 19.5. The van der Waals surface area contributed by atoms with Crippen molar-refractivity contribution in [1.29, 1.82) is 0 Å². The fraction of sp³-hybridized carbons (Fsp3) is 0.370. The van der Waals surface area contributed by atoms with Crippen molar-refractivity contribution in [3.05, 3.63) is 77.4 Å². The van der Waals surface area contributed by atoms with Gasteiger partial charge in [-0.25, -0.2) is 0 Å². The molecule has 5 nitrogen and oxygen atoms in total. The van der Waals surface area contributed by atoms with E-state index in [1.165, 1.54) is 4.90 Å². The fourth-order valence-electron chi connectivity index (χ4n) is 6.39. The Morgan fingerprint density at radius 3 is 2.16 bits per heavy atom. The van der Waals surface area contributed by atoms with Crippen LogP contribution in [0.2, 0.25) is 0 Å². The van der Waals surface area contributed by atoms with E-state index in [9.17, 15) is 14.4 Å². The van der Waals surface area contributed by atoms with Crippen molar-refractivity contribution >= 4 is 23.4 Å². The summed E-state index contributed by atoms with van der Waals surface area (Å²) in [4.78, 5) is 43.5. The van der Waals surface area contributed by atoms with Crippen LogP contribution in [-0.4, -0.2) is 29.3 Å². The SMILES string of the molecule is Cc1ccc(N(CN2C(=O)[C@H]3[C@@H]4C=C[C@@H]([C@H]5C[C@H]45)[C@@H]3C2=O)C(=O)c2ccccc2)c(C)c1. The van der Waals surface area contributed by atoms with Crippen molar-refractivity contribution < 1.29 is 14.4 Å². The zero-order valence-electron chi connectivity index (χ0n) is 18.3. The van der Waals surface area contributed by atoms with Crippen LogP contribution in [0, 0.1) is 49.4 Å². The number of allylic oxidation sites excluding steroid dienone is 2. The molecule has 5 heteroatoms. The van der Waals surface area contributed by atoms with E-state index in [0.717, 1.165) is 23.2 Å². The summed E-state index contributed by atoms with van der Waals surface area (Å²) >= 11 is 0. The van der Waals surface area contributed by atoms with Gasteiger partial charge in [-0.2, -0.15) is 0 Å². The second-order valence-electron chi connectivity index (χ2n) is 9.79. The molecule has 0 aromatic heterocycles. The maximum absolute atomic E-state index is 13.6. The third-order valence-electron chi connectivity index (χ3n) is 7.95. The molecular weight excluding hydrogens is 400 g/mol. The summed E-state index contributed by atoms with van der Waals surface area (Å²) in [6, 6.07) is 14.9. The van der Waals surface area contributed by atoms with Crippen LogP contribution in [0.4, 0.5) is 5.69 Å². The molecule has 2 aromatic carbocycles. The van der Waals surface area contributed by atoms with Crippen molar-refractivity contribution in [3.63, 3.8) is 0 Å². The van der Waals surface area contributed by atoms with Crippen LogP contribution in [0.25, 0.3) is 0 Å². The van der Waals surface area contributed by atoms with E-state index in [1.54, 1.807) is 17.0 Å². The lowest BCUT2D eigenvalue weighted by atomic mass is 9.63. The Kier molecular flexibility index (Phi) is 4.19. The maximum atomic E-state index is 13.6. The number of hydrogen-bond acceptors (Lipinski definition) is 3. The first-order valence-corrected chi connectivity index (χ1v) is 11.4. The Bertz CT molecular complexity index is 1130. The van der Waals surface area contributed by atoms with Crippen LogP contribution < -0.4 is 4.90 Å². The fourth-order valence-corrected chi connectivity index (χ4v) is 6.39. The predicted octanol–water partition coefficient (Wildman–Crippen LogP) is 3.96. The van der Waals surface area contributed by atoms with E-state index >= 15 is 0 Å². The van der Waals surface area contributed by atoms with Crippen LogP contribution in [0.1, 0.15) is 27.9 Å². The summed E-state index contributed by atoms with van der Waals surface area (Å²) in [5.74, 6) is 0.529. The van der Waals surface area contributed by atoms with Gasteiger partial charge in [0.05, 0.1) is 11.8 Å². The van der Waals surface area contributed by atoms with Crippen LogP contribution >= 0.6 is 0 Å². The van der Waals surface area contributed by atoms with Crippen molar-refractivity contribution in [2.75, 3.05) is 11.6 Å². The quantitative estimate of drug-likeness (QED) is 0.549. The molecule has 162 valence electrons. The van der Waals surface area contributed by atoms with Crippen molar-refractivity contribution in [2.45, 2.75) is 20.3 Å². The molecule has 7 rings (SSSR count). The number of likely N-dealkylation sites (tertiary alicyclic amines) is 1. The van der Waals surface area contributed by atoms with E-state index in [2.05, 4.69) is 12.2 Å². The van der Waals surface area contributed by atoms with Gasteiger partial charge in [0.15, 0.2) is 0 Å². The zero-order valence-corrected chi connectivity index (χ0v) is 18.3. The van der Waals surface area contributed by atoms with Crippen molar-refractivity contribution in [1.82, 2.24) is 4.90 Å². The summed E-state index contributed by atoms with van der Waals surface area (Å²) in [5.41, 5.74) is 3.30. The van der Waals surface area contributed by atoms with E-state index in [4.69, 9.17) is 0 Å². The minimum atomic E-state index is -0.256. The lowest BCUT2D eigenvalue weighted by Gasteiger charge is -2.37. The number of carbonyl (C=O) groups excluding carboxylic acids is 3. The number of nitrogens with zero attached hydrogens (tertiary/aromatic N) is 2. The van der Waals surface area contributed by atoms with Crippen LogP contribution in [-0.2, 0) is 9.59 Å². The number of rotatable bonds is 4. The minimum absolute atomic E-state index is 0.0446. The van der Waals surface area contributed by atoms with Gasteiger partial charge in [-0.05, 0) is 67.7 Å². The summed E-state index contributed by atoms with van der Waals surface area (Å²) in [6.07, 6.45) is 5.48. The maximum Gasteiger partial charge on any atom is 0.259 e. The molecule has 0 N–H and O–H groups in total. The van der Waals surface area contributed by atoms with Crippen LogP contribution in [0.5, 0.6) is 0 Å². The van der Waals surface area contributed by atoms with Crippen LogP contribution in [0.15, 0.2) is 60.7 Å². The Balaban J connectivity index is 1.36. The highest BCUT2D eigenvalue weighted by atomic mass is 16.2. The van der Waals surface area contributed by atoms with Gasteiger partial charge in [0, 0.05) is 11.3 Å². The van der Waals surface area contributed by atoms with Gasteiger partial charge in [0.2, 0.25) is 11.8 Å². The molecule has 5 aliphatic rings. The first-order chi connectivity index (χ1) is 15.5. The lowest BCUT2D eigenvalue weighted by molar-refractivity contribution is -0.140. The first-order valence-electron chi connectivity index (χ1n) is 11.4. The van der Waals surface area contributed by atoms with Gasteiger partial charge < -0.3 is 0 Å². The number of hydrogen-bond donors (Lipinski definition) is 0. The predicted molar refractivity (Wildman–Crippen MR) is 121 cm³/mol. The molecule has 2 bridgehead atoms. The third-order valence-corrected chi connectivity index (χ3v) is 7.95. The number of carbonyl (C=O) groups is 3. The highest BCUT2D eigenvalue weighted by Crippen LogP contribution is 2.65. The van der Waals surface area contributed by atoms with Crippen molar-refractivity contribution in [2.24, 2.45) is 35.5 Å². The standard InChI is InChI=1S/C27H26N2O3/c1-15-8-11-22(16(2)12-15)28(25(30)17-6-4-3-5-7-17)14-29-26(31)23-18-9-10-19(21-13-20(18)21)24(23)27(29)32/h3-12,18-21,23-24H,13-14H2,1-2H3/t18-,19+,20-,21-,23+,24+/m1/s1. The number of imide groups is 1. The van der Waals surface area contributed by atoms with Gasteiger partial charge >= 0.3 is 0 Å². The molecular formula is C27H26N2O3. The molecule has 3 fully saturated rings. The Hall–Kier alpha value is -3.21. The van der Waals surface area contributed by atoms with E-state index in [1.807, 2.05) is 50.2 Å². The summed E-state index contributed by atoms with van der Waals surface area (Å²) in [6.45, 7) is 3.92. The molecule has 2 saturated carbocycles. The molecule has 1 heterocycles. The van der Waals surface area contributed by atoms with Crippen LogP contribution in [0.3, 0.4) is 0 Å². The Morgan fingerprint density at radius 1 is 0.938 bits per heavy atom. The number of amides is 3. The lowest BCUT2D eigenvalue weighted by Crippen LogP contribution is -2.45. The van der Waals surface area contributed by atoms with Gasteiger partial charge in [0.1, 0.15) is 6.67 Å². The average molecular weight is 427 g/mol. The Labute approximate surface area is 187 Å². The molecule has 0 spiro atoms. The van der Waals surface area contributed by atoms with Gasteiger partial charge in [-0.15, -0.1) is 0 Å². The molecule has 32 heavy (non-hydrogen) atoms. The summed E-state index contributed by atoms with van der Waals surface area (Å²) in [5, 5.41) is 0. The van der Waals surface area contributed by atoms with Gasteiger partial charge in [0.25, 0.3) is 5.91 Å². The molecule has 2 aromatic rings. The number of aryl methyl sites for hydroxylation is 2. The second kappa shape index (κ2) is 6.89. The molecule has 1 aliphatic heterocycles. The molecule has 6 atom stereocenters. The highest BCUT2D eigenvalue weighted by molar-refractivity contribution is 6.10. The second-order valence-corrected chi connectivity index (χ2v) is 9.79. The van der Waals surface area contributed by atoms with Crippen molar-refractivity contribution in [3.8, 4) is 0 Å². The zero-order chi connectivity index (χ0) is 22.1. The number of benzene rings is 2. The largest absolute Gasteiger partial charge is 0.289 e. The number of anilines is 1. The van der Waals surface area contributed by atoms with E-state index in [0.29, 0.717) is 17.4 Å². The smallest absolute Gasteiger partial charge is 0.259 e. The molecule has 3 amide bonds. The molecule has 0 radical (unpaired) electrons.